The molecule has 1 saturated heterocycles. The van der Waals surface area contributed by atoms with E-state index in [1.165, 1.54) is 0 Å². The SMILES string of the molecule is Cc1c(C(NC(=O)[C@@H]2CC[C@H](C(=O)O)O2)C(C)C)oc2ccccc12. The highest BCUT2D eigenvalue weighted by Crippen LogP contribution is 2.33. The molecule has 25 heavy (non-hydrogen) atoms. The van der Waals surface area contributed by atoms with E-state index in [-0.39, 0.29) is 17.9 Å². The Labute approximate surface area is 146 Å². The fourth-order valence-electron chi connectivity index (χ4n) is 3.28. The van der Waals surface area contributed by atoms with E-state index in [4.69, 9.17) is 14.3 Å². The van der Waals surface area contributed by atoms with Crippen molar-refractivity contribution in [1.82, 2.24) is 5.32 Å². The molecule has 1 amide bonds. The second-order valence-corrected chi connectivity index (χ2v) is 6.85. The summed E-state index contributed by atoms with van der Waals surface area (Å²) in [5.41, 5.74) is 1.79. The lowest BCUT2D eigenvalue weighted by Gasteiger charge is -2.23. The maximum absolute atomic E-state index is 12.6. The fourth-order valence-corrected chi connectivity index (χ4v) is 3.28. The highest BCUT2D eigenvalue weighted by atomic mass is 16.5. The number of rotatable bonds is 5. The summed E-state index contributed by atoms with van der Waals surface area (Å²) in [5.74, 6) is -0.469. The Morgan fingerprint density at radius 2 is 1.88 bits per heavy atom. The van der Waals surface area contributed by atoms with Crippen LogP contribution in [0.25, 0.3) is 11.0 Å². The maximum Gasteiger partial charge on any atom is 0.332 e. The van der Waals surface area contributed by atoms with Crippen LogP contribution in [0.15, 0.2) is 28.7 Å². The van der Waals surface area contributed by atoms with Crippen molar-refractivity contribution in [2.45, 2.75) is 51.9 Å². The molecule has 2 heterocycles. The molecule has 2 N–H and O–H groups in total. The first-order chi connectivity index (χ1) is 11.9. The summed E-state index contributed by atoms with van der Waals surface area (Å²) in [6.45, 7) is 6.00. The summed E-state index contributed by atoms with van der Waals surface area (Å²) >= 11 is 0. The van der Waals surface area contributed by atoms with Crippen LogP contribution < -0.4 is 5.32 Å². The van der Waals surface area contributed by atoms with Crippen LogP contribution in [0.5, 0.6) is 0 Å². The van der Waals surface area contributed by atoms with Crippen molar-refractivity contribution in [1.29, 1.82) is 0 Å². The van der Waals surface area contributed by atoms with Crippen molar-refractivity contribution in [3.8, 4) is 0 Å². The van der Waals surface area contributed by atoms with Gasteiger partial charge in [0, 0.05) is 10.9 Å². The minimum absolute atomic E-state index is 0.111. The first-order valence-electron chi connectivity index (χ1n) is 8.55. The van der Waals surface area contributed by atoms with Crippen molar-refractivity contribution >= 4 is 22.8 Å². The van der Waals surface area contributed by atoms with Crippen LogP contribution in [0.3, 0.4) is 0 Å². The molecule has 0 saturated carbocycles. The van der Waals surface area contributed by atoms with Gasteiger partial charge in [0.15, 0.2) is 6.10 Å². The van der Waals surface area contributed by atoms with E-state index in [1.54, 1.807) is 0 Å². The van der Waals surface area contributed by atoms with Gasteiger partial charge < -0.3 is 19.6 Å². The van der Waals surface area contributed by atoms with Crippen molar-refractivity contribution in [2.75, 3.05) is 0 Å². The fraction of sp³-hybridized carbons (Fsp3) is 0.474. The molecular formula is C19H23NO5. The average molecular weight is 345 g/mol. The van der Waals surface area contributed by atoms with E-state index in [1.807, 2.05) is 45.0 Å². The number of hydrogen-bond acceptors (Lipinski definition) is 4. The Kier molecular flexibility index (Phi) is 4.81. The number of carbonyl (C=O) groups is 2. The Balaban J connectivity index is 1.81. The summed E-state index contributed by atoms with van der Waals surface area (Å²) in [4.78, 5) is 23.6. The predicted molar refractivity (Wildman–Crippen MR) is 92.2 cm³/mol. The van der Waals surface area contributed by atoms with Crippen LogP contribution in [0.1, 0.15) is 44.1 Å². The molecule has 3 rings (SSSR count). The molecule has 0 bridgehead atoms. The Morgan fingerprint density at radius 3 is 2.48 bits per heavy atom. The van der Waals surface area contributed by atoms with Gasteiger partial charge >= 0.3 is 5.97 Å². The molecule has 2 aromatic rings. The molecule has 1 fully saturated rings. The van der Waals surface area contributed by atoms with E-state index in [2.05, 4.69) is 5.32 Å². The Morgan fingerprint density at radius 1 is 1.20 bits per heavy atom. The molecule has 1 aliphatic heterocycles. The third kappa shape index (κ3) is 3.39. The number of carboxylic acid groups (broad SMARTS) is 1. The Bertz CT molecular complexity index is 794. The van der Waals surface area contributed by atoms with Crippen molar-refractivity contribution in [3.63, 3.8) is 0 Å². The lowest BCUT2D eigenvalue weighted by molar-refractivity contribution is -0.152. The number of hydrogen-bond donors (Lipinski definition) is 2. The van der Waals surface area contributed by atoms with Gasteiger partial charge in [0.25, 0.3) is 0 Å². The number of para-hydroxylation sites is 1. The minimum Gasteiger partial charge on any atom is -0.479 e. The number of furan rings is 1. The zero-order chi connectivity index (χ0) is 18.1. The molecule has 1 aromatic carbocycles. The third-order valence-corrected chi connectivity index (χ3v) is 4.71. The number of benzene rings is 1. The third-order valence-electron chi connectivity index (χ3n) is 4.71. The summed E-state index contributed by atoms with van der Waals surface area (Å²) in [5, 5.41) is 13.0. The topological polar surface area (TPSA) is 88.8 Å². The molecule has 0 radical (unpaired) electrons. The molecule has 0 spiro atoms. The predicted octanol–water partition coefficient (Wildman–Crippen LogP) is 3.19. The van der Waals surface area contributed by atoms with Crippen LogP contribution in [0.2, 0.25) is 0 Å². The molecule has 6 heteroatoms. The van der Waals surface area contributed by atoms with Crippen molar-refractivity contribution in [2.24, 2.45) is 5.92 Å². The van der Waals surface area contributed by atoms with Gasteiger partial charge in [0.05, 0.1) is 6.04 Å². The highest BCUT2D eigenvalue weighted by Gasteiger charge is 2.36. The van der Waals surface area contributed by atoms with Crippen LogP contribution in [-0.2, 0) is 14.3 Å². The second kappa shape index (κ2) is 6.88. The first kappa shape index (κ1) is 17.5. The molecule has 1 aromatic heterocycles. The molecular weight excluding hydrogens is 322 g/mol. The zero-order valence-electron chi connectivity index (χ0n) is 14.6. The van der Waals surface area contributed by atoms with Gasteiger partial charge in [0.1, 0.15) is 17.4 Å². The monoisotopic (exact) mass is 345 g/mol. The lowest BCUT2D eigenvalue weighted by Crippen LogP contribution is -2.39. The number of aliphatic carboxylic acids is 1. The molecule has 1 unspecified atom stereocenters. The van der Waals surface area contributed by atoms with Gasteiger partial charge in [0.2, 0.25) is 5.91 Å². The Hall–Kier alpha value is -2.34. The number of carbonyl (C=O) groups excluding carboxylic acids is 1. The zero-order valence-corrected chi connectivity index (χ0v) is 14.6. The number of carboxylic acids is 1. The van der Waals surface area contributed by atoms with E-state index in [0.29, 0.717) is 12.8 Å². The number of amides is 1. The molecule has 3 atom stereocenters. The van der Waals surface area contributed by atoms with Crippen LogP contribution in [0.4, 0.5) is 0 Å². The number of fused-ring (bicyclic) bond motifs is 1. The van der Waals surface area contributed by atoms with Gasteiger partial charge in [-0.3, -0.25) is 4.79 Å². The largest absolute Gasteiger partial charge is 0.479 e. The van der Waals surface area contributed by atoms with Crippen LogP contribution in [0, 0.1) is 12.8 Å². The summed E-state index contributed by atoms with van der Waals surface area (Å²) in [6, 6.07) is 7.47. The highest BCUT2D eigenvalue weighted by molar-refractivity contribution is 5.84. The van der Waals surface area contributed by atoms with Gasteiger partial charge in [-0.1, -0.05) is 32.0 Å². The molecule has 6 nitrogen and oxygen atoms in total. The normalized spacial score (nSPS) is 21.6. The molecule has 1 aliphatic rings. The number of nitrogens with one attached hydrogen (secondary N) is 1. The summed E-state index contributed by atoms with van der Waals surface area (Å²) < 4.78 is 11.3. The number of aryl methyl sites for hydroxylation is 1. The van der Waals surface area contributed by atoms with Gasteiger partial charge in [-0.05, 0) is 31.7 Å². The van der Waals surface area contributed by atoms with Crippen LogP contribution in [-0.4, -0.2) is 29.2 Å². The van der Waals surface area contributed by atoms with E-state index >= 15 is 0 Å². The van der Waals surface area contributed by atoms with Crippen molar-refractivity contribution in [3.05, 3.63) is 35.6 Å². The van der Waals surface area contributed by atoms with Crippen LogP contribution >= 0.6 is 0 Å². The smallest absolute Gasteiger partial charge is 0.332 e. The molecule has 0 aliphatic carbocycles. The maximum atomic E-state index is 12.6. The summed E-state index contributed by atoms with van der Waals surface area (Å²) in [7, 11) is 0. The number of ether oxygens (including phenoxy) is 1. The quantitative estimate of drug-likeness (QED) is 0.869. The second-order valence-electron chi connectivity index (χ2n) is 6.85. The molecule has 134 valence electrons. The van der Waals surface area contributed by atoms with Gasteiger partial charge in [-0.25, -0.2) is 4.79 Å². The van der Waals surface area contributed by atoms with E-state index in [0.717, 1.165) is 22.3 Å². The lowest BCUT2D eigenvalue weighted by atomic mass is 9.98. The first-order valence-corrected chi connectivity index (χ1v) is 8.55. The van der Waals surface area contributed by atoms with Gasteiger partial charge in [-0.15, -0.1) is 0 Å². The average Bonchev–Trinajstić information content (AvgIpc) is 3.18. The standard InChI is InChI=1S/C19H23NO5/c1-10(2)16(17-11(3)12-6-4-5-7-13(12)25-17)20-18(21)14-8-9-15(24-14)19(22)23/h4-7,10,14-16H,8-9H2,1-3H3,(H,20,21)(H,22,23)/t14-,15+,16?/m0/s1. The van der Waals surface area contributed by atoms with Crippen molar-refractivity contribution < 1.29 is 23.8 Å². The minimum atomic E-state index is -1.02. The van der Waals surface area contributed by atoms with E-state index in [9.17, 15) is 9.59 Å². The van der Waals surface area contributed by atoms with Gasteiger partial charge in [-0.2, -0.15) is 0 Å². The summed E-state index contributed by atoms with van der Waals surface area (Å²) in [6.07, 6.45) is -0.871. The van der Waals surface area contributed by atoms with E-state index < -0.39 is 18.2 Å².